The second-order valence-electron chi connectivity index (χ2n) is 8.75. The SMILES string of the molecule is CCCCCN1C(=O)[C@]2(c3ccccc31)c1c(nc(N3CCOCC3)[nH]c1=O)NC(=O)[C@@H]2C#N. The number of rotatable bonds is 5. The average Bonchev–Trinajstić information content (AvgIpc) is 3.08. The molecule has 2 N–H and O–H groups in total. The van der Waals surface area contributed by atoms with Gasteiger partial charge in [0.25, 0.3) is 5.56 Å². The number of nitrogens with zero attached hydrogens (tertiary/aromatic N) is 4. The molecule has 5 rings (SSSR count). The lowest BCUT2D eigenvalue weighted by Gasteiger charge is -2.37. The van der Waals surface area contributed by atoms with Crippen molar-refractivity contribution in [2.75, 3.05) is 48.0 Å². The first kappa shape index (κ1) is 22.1. The van der Waals surface area contributed by atoms with Crippen molar-refractivity contribution in [3.63, 3.8) is 0 Å². The molecule has 2 amide bonds. The van der Waals surface area contributed by atoms with E-state index in [0.29, 0.717) is 50.0 Å². The number of para-hydroxylation sites is 1. The van der Waals surface area contributed by atoms with E-state index in [-0.39, 0.29) is 11.4 Å². The molecule has 1 aromatic heterocycles. The molecule has 0 bridgehead atoms. The van der Waals surface area contributed by atoms with Crippen molar-refractivity contribution in [3.05, 3.63) is 45.7 Å². The van der Waals surface area contributed by atoms with Gasteiger partial charge in [-0.15, -0.1) is 0 Å². The quantitative estimate of drug-likeness (QED) is 0.644. The monoisotopic (exact) mass is 462 g/mol. The smallest absolute Gasteiger partial charge is 0.259 e. The fraction of sp³-hybridized carbons (Fsp3) is 0.458. The van der Waals surface area contributed by atoms with E-state index in [0.717, 1.165) is 19.3 Å². The number of nitrogens with one attached hydrogen (secondary N) is 2. The Bertz CT molecular complexity index is 1240. The van der Waals surface area contributed by atoms with Crippen molar-refractivity contribution in [3.8, 4) is 6.07 Å². The molecular weight excluding hydrogens is 436 g/mol. The van der Waals surface area contributed by atoms with E-state index in [4.69, 9.17) is 4.74 Å². The third kappa shape index (κ3) is 3.11. The highest BCUT2D eigenvalue weighted by Gasteiger charge is 2.63. The minimum absolute atomic E-state index is 0.0195. The van der Waals surface area contributed by atoms with Crippen LogP contribution in [0.4, 0.5) is 17.5 Å². The second kappa shape index (κ2) is 8.57. The van der Waals surface area contributed by atoms with Gasteiger partial charge in [0.05, 0.1) is 24.8 Å². The molecule has 176 valence electrons. The zero-order valence-electron chi connectivity index (χ0n) is 19.0. The largest absolute Gasteiger partial charge is 0.378 e. The van der Waals surface area contributed by atoms with Crippen LogP contribution in [0.15, 0.2) is 29.1 Å². The first-order valence-corrected chi connectivity index (χ1v) is 11.6. The summed E-state index contributed by atoms with van der Waals surface area (Å²) < 4.78 is 5.37. The number of anilines is 3. The maximum Gasteiger partial charge on any atom is 0.259 e. The molecule has 34 heavy (non-hydrogen) atoms. The highest BCUT2D eigenvalue weighted by atomic mass is 16.5. The van der Waals surface area contributed by atoms with Gasteiger partial charge in [-0.05, 0) is 18.1 Å². The standard InChI is InChI=1S/C24H26N6O4/c1-2-3-6-9-30-17-8-5-4-7-15(17)24(22(30)33)16(14-25)20(31)26-19-18(24)21(32)28-23(27-19)29-10-12-34-13-11-29/h4-5,7-8,16H,2-3,6,9-13H2,1H3,(H2,26,27,28,31,32)/t16-,24-/m0/s1. The van der Waals surface area contributed by atoms with E-state index in [2.05, 4.69) is 22.2 Å². The summed E-state index contributed by atoms with van der Waals surface area (Å²) in [5.74, 6) is -2.14. The fourth-order valence-corrected chi connectivity index (χ4v) is 5.27. The van der Waals surface area contributed by atoms with Gasteiger partial charge in [-0.2, -0.15) is 10.2 Å². The van der Waals surface area contributed by atoms with E-state index in [9.17, 15) is 19.6 Å². The number of fused-ring (bicyclic) bond motifs is 4. The molecule has 10 heteroatoms. The van der Waals surface area contributed by atoms with Crippen LogP contribution in [-0.4, -0.2) is 54.6 Å². The molecule has 3 aliphatic rings. The number of nitriles is 1. The van der Waals surface area contributed by atoms with E-state index < -0.39 is 28.7 Å². The molecule has 0 saturated carbocycles. The van der Waals surface area contributed by atoms with Gasteiger partial charge in [0.2, 0.25) is 17.8 Å². The highest BCUT2D eigenvalue weighted by Crippen LogP contribution is 2.53. The Labute approximate surface area is 196 Å². The Balaban J connectivity index is 1.72. The van der Waals surface area contributed by atoms with Gasteiger partial charge in [0.15, 0.2) is 0 Å². The summed E-state index contributed by atoms with van der Waals surface area (Å²) in [6.07, 6.45) is 2.69. The molecule has 1 aromatic carbocycles. The number of benzene rings is 1. The summed E-state index contributed by atoms with van der Waals surface area (Å²) in [6.45, 7) is 4.57. The van der Waals surface area contributed by atoms with Crippen molar-refractivity contribution < 1.29 is 14.3 Å². The summed E-state index contributed by atoms with van der Waals surface area (Å²) in [6, 6.07) is 9.13. The van der Waals surface area contributed by atoms with Crippen molar-refractivity contribution in [2.24, 2.45) is 5.92 Å². The van der Waals surface area contributed by atoms with Gasteiger partial charge in [-0.3, -0.25) is 19.4 Å². The molecule has 2 atom stereocenters. The Hall–Kier alpha value is -3.71. The molecular formula is C24H26N6O4. The number of amides is 2. The molecule has 0 aliphatic carbocycles. The Morgan fingerprint density at radius 2 is 1.97 bits per heavy atom. The molecule has 1 saturated heterocycles. The number of morpholine rings is 1. The zero-order valence-corrected chi connectivity index (χ0v) is 19.0. The van der Waals surface area contributed by atoms with Crippen molar-refractivity contribution in [1.82, 2.24) is 9.97 Å². The molecule has 2 aromatic rings. The van der Waals surface area contributed by atoms with Crippen LogP contribution in [-0.2, 0) is 19.7 Å². The maximum absolute atomic E-state index is 14.1. The van der Waals surface area contributed by atoms with Crippen molar-refractivity contribution in [2.45, 2.75) is 31.6 Å². The summed E-state index contributed by atoms with van der Waals surface area (Å²) in [5, 5.41) is 12.7. The lowest BCUT2D eigenvalue weighted by molar-refractivity contribution is -0.129. The number of carbonyl (C=O) groups is 2. The summed E-state index contributed by atoms with van der Waals surface area (Å²) in [5.41, 5.74) is -1.15. The lowest BCUT2D eigenvalue weighted by atomic mass is 9.65. The van der Waals surface area contributed by atoms with Crippen LogP contribution in [0.25, 0.3) is 0 Å². The minimum atomic E-state index is -1.75. The summed E-state index contributed by atoms with van der Waals surface area (Å²) in [7, 11) is 0. The van der Waals surface area contributed by atoms with Gasteiger partial charge in [-0.25, -0.2) is 0 Å². The number of hydrogen-bond donors (Lipinski definition) is 2. The number of aromatic amines is 1. The fourth-order valence-electron chi connectivity index (χ4n) is 5.27. The Kier molecular flexibility index (Phi) is 5.57. The Morgan fingerprint density at radius 1 is 1.21 bits per heavy atom. The third-order valence-electron chi connectivity index (χ3n) is 6.87. The number of carbonyl (C=O) groups excluding carboxylic acids is 2. The number of unbranched alkanes of at least 4 members (excludes halogenated alkanes) is 2. The molecule has 0 radical (unpaired) electrons. The van der Waals surface area contributed by atoms with Crippen molar-refractivity contribution >= 4 is 29.3 Å². The topological polar surface area (TPSA) is 131 Å². The van der Waals surface area contributed by atoms with Gasteiger partial charge < -0.3 is 19.9 Å². The van der Waals surface area contributed by atoms with Gasteiger partial charge in [-0.1, -0.05) is 38.0 Å². The highest BCUT2D eigenvalue weighted by molar-refractivity contribution is 6.17. The Morgan fingerprint density at radius 3 is 2.71 bits per heavy atom. The molecule has 3 aliphatic heterocycles. The van der Waals surface area contributed by atoms with Crippen LogP contribution in [0.3, 0.4) is 0 Å². The van der Waals surface area contributed by atoms with Crippen LogP contribution in [0.1, 0.15) is 37.3 Å². The van der Waals surface area contributed by atoms with Crippen LogP contribution in [0.5, 0.6) is 0 Å². The number of ether oxygens (including phenoxy) is 1. The number of H-pyrrole nitrogens is 1. The van der Waals surface area contributed by atoms with E-state index in [1.54, 1.807) is 23.1 Å². The number of hydrogen-bond acceptors (Lipinski definition) is 7. The van der Waals surface area contributed by atoms with Crippen LogP contribution >= 0.6 is 0 Å². The first-order valence-electron chi connectivity index (χ1n) is 11.6. The predicted octanol–water partition coefficient (Wildman–Crippen LogP) is 1.52. The molecule has 0 unspecified atom stereocenters. The van der Waals surface area contributed by atoms with Crippen molar-refractivity contribution in [1.29, 1.82) is 5.26 Å². The van der Waals surface area contributed by atoms with Crippen LogP contribution < -0.4 is 20.7 Å². The molecule has 1 spiro atoms. The molecule has 1 fully saturated rings. The van der Waals surface area contributed by atoms with Crippen LogP contribution in [0, 0.1) is 17.2 Å². The molecule has 10 nitrogen and oxygen atoms in total. The minimum Gasteiger partial charge on any atom is -0.378 e. The van der Waals surface area contributed by atoms with E-state index in [1.165, 1.54) is 0 Å². The summed E-state index contributed by atoms with van der Waals surface area (Å²) >= 11 is 0. The third-order valence-corrected chi connectivity index (χ3v) is 6.87. The number of aromatic nitrogens is 2. The maximum atomic E-state index is 14.1. The normalized spacial score (nSPS) is 23.5. The lowest BCUT2D eigenvalue weighted by Crippen LogP contribution is -2.56. The first-order chi connectivity index (χ1) is 16.5. The molecule has 4 heterocycles. The second-order valence-corrected chi connectivity index (χ2v) is 8.75. The van der Waals surface area contributed by atoms with Gasteiger partial charge >= 0.3 is 0 Å². The zero-order chi connectivity index (χ0) is 23.9. The van der Waals surface area contributed by atoms with E-state index in [1.807, 2.05) is 17.0 Å². The predicted molar refractivity (Wildman–Crippen MR) is 125 cm³/mol. The van der Waals surface area contributed by atoms with Crippen LogP contribution in [0.2, 0.25) is 0 Å². The average molecular weight is 463 g/mol. The summed E-state index contributed by atoms with van der Waals surface area (Å²) in [4.78, 5) is 51.7. The van der Waals surface area contributed by atoms with Gasteiger partial charge in [0, 0.05) is 25.3 Å². The van der Waals surface area contributed by atoms with Gasteiger partial charge in [0.1, 0.15) is 17.2 Å². The van der Waals surface area contributed by atoms with E-state index >= 15 is 0 Å².